The largest absolute Gasteiger partial charge is 0.399 e. The molecule has 2 aromatic rings. The molecule has 0 amide bonds. The van der Waals surface area contributed by atoms with Gasteiger partial charge in [0.05, 0.1) is 11.7 Å². The van der Waals surface area contributed by atoms with E-state index >= 15 is 0 Å². The third kappa shape index (κ3) is 2.51. The van der Waals surface area contributed by atoms with E-state index in [9.17, 15) is 0 Å². The monoisotopic (exact) mass is 246 g/mol. The number of nitrogen functional groups attached to an aromatic ring is 1. The predicted octanol–water partition coefficient (Wildman–Crippen LogP) is 1.64. The Labute approximate surface area is 106 Å². The molecular formula is C13H18N4O. The van der Waals surface area contributed by atoms with E-state index in [0.717, 1.165) is 16.9 Å². The summed E-state index contributed by atoms with van der Waals surface area (Å²) in [6.07, 6.45) is 2.53. The van der Waals surface area contributed by atoms with Gasteiger partial charge in [-0.3, -0.25) is 0 Å². The van der Waals surface area contributed by atoms with E-state index < -0.39 is 0 Å². The smallest absolute Gasteiger partial charge is 0.113 e. The fourth-order valence-corrected chi connectivity index (χ4v) is 1.73. The van der Waals surface area contributed by atoms with Crippen molar-refractivity contribution in [3.63, 3.8) is 0 Å². The van der Waals surface area contributed by atoms with Crippen LogP contribution in [0.15, 0.2) is 30.5 Å². The van der Waals surface area contributed by atoms with Crippen LogP contribution in [0.4, 0.5) is 5.69 Å². The molecule has 0 spiro atoms. The van der Waals surface area contributed by atoms with Crippen LogP contribution in [0.5, 0.6) is 0 Å². The molecule has 0 saturated heterocycles. The van der Waals surface area contributed by atoms with Crippen LogP contribution in [0.3, 0.4) is 0 Å². The van der Waals surface area contributed by atoms with Crippen LogP contribution in [-0.4, -0.2) is 26.7 Å². The molecule has 1 aromatic carbocycles. The average Bonchev–Trinajstić information content (AvgIpc) is 2.80. The predicted molar refractivity (Wildman–Crippen MR) is 70.9 cm³/mol. The van der Waals surface area contributed by atoms with Crippen molar-refractivity contribution in [1.29, 1.82) is 0 Å². The fourth-order valence-electron chi connectivity index (χ4n) is 1.73. The average molecular weight is 246 g/mol. The van der Waals surface area contributed by atoms with Crippen LogP contribution < -0.4 is 5.73 Å². The van der Waals surface area contributed by atoms with Gasteiger partial charge in [-0.15, -0.1) is 5.10 Å². The van der Waals surface area contributed by atoms with Crippen molar-refractivity contribution in [2.24, 2.45) is 0 Å². The maximum atomic E-state index is 9.04. The number of nitrogens with zero attached hydrogens (tertiary/aromatic N) is 3. The van der Waals surface area contributed by atoms with Gasteiger partial charge in [-0.25, -0.2) is 4.68 Å². The first-order valence-electron chi connectivity index (χ1n) is 5.92. The molecule has 0 atom stereocenters. The van der Waals surface area contributed by atoms with Gasteiger partial charge in [0.1, 0.15) is 5.69 Å². The Kier molecular flexibility index (Phi) is 3.34. The molecule has 0 fully saturated rings. The highest BCUT2D eigenvalue weighted by Gasteiger charge is 2.21. The Morgan fingerprint density at radius 1 is 1.28 bits per heavy atom. The molecule has 1 aromatic heterocycles. The molecule has 0 unspecified atom stereocenters. The first kappa shape index (κ1) is 12.6. The SMILES string of the molecule is CC(C)(CCO)n1cc(-c2ccc(N)cc2)nn1. The van der Waals surface area contributed by atoms with Gasteiger partial charge >= 0.3 is 0 Å². The van der Waals surface area contributed by atoms with Crippen molar-refractivity contribution < 1.29 is 5.11 Å². The lowest BCUT2D eigenvalue weighted by atomic mass is 10.0. The summed E-state index contributed by atoms with van der Waals surface area (Å²) >= 11 is 0. The Morgan fingerprint density at radius 3 is 2.56 bits per heavy atom. The summed E-state index contributed by atoms with van der Waals surface area (Å²) < 4.78 is 1.79. The van der Waals surface area contributed by atoms with Gasteiger partial charge in [0.2, 0.25) is 0 Å². The molecule has 3 N–H and O–H groups in total. The molecule has 0 aliphatic carbocycles. The number of hydrogen-bond acceptors (Lipinski definition) is 4. The van der Waals surface area contributed by atoms with Crippen molar-refractivity contribution >= 4 is 5.69 Å². The maximum Gasteiger partial charge on any atom is 0.113 e. The summed E-state index contributed by atoms with van der Waals surface area (Å²) in [5, 5.41) is 17.3. The second-order valence-corrected chi connectivity index (χ2v) is 4.96. The Bertz CT molecular complexity index is 516. The normalized spacial score (nSPS) is 11.7. The molecule has 2 rings (SSSR count). The lowest BCUT2D eigenvalue weighted by Gasteiger charge is -2.23. The highest BCUT2D eigenvalue weighted by molar-refractivity contribution is 5.60. The third-order valence-electron chi connectivity index (χ3n) is 3.04. The zero-order valence-electron chi connectivity index (χ0n) is 10.7. The Morgan fingerprint density at radius 2 is 1.94 bits per heavy atom. The lowest BCUT2D eigenvalue weighted by Crippen LogP contribution is -2.28. The highest BCUT2D eigenvalue weighted by Crippen LogP contribution is 2.22. The molecule has 18 heavy (non-hydrogen) atoms. The number of aliphatic hydroxyl groups is 1. The van der Waals surface area contributed by atoms with Crippen LogP contribution in [0.1, 0.15) is 20.3 Å². The quantitative estimate of drug-likeness (QED) is 0.804. The standard InChI is InChI=1S/C13H18N4O/c1-13(2,7-8-18)17-9-12(15-16-17)10-3-5-11(14)6-4-10/h3-6,9,18H,7-8,14H2,1-2H3. The van der Waals surface area contributed by atoms with Crippen LogP contribution >= 0.6 is 0 Å². The summed E-state index contributed by atoms with van der Waals surface area (Å²) in [6, 6.07) is 7.52. The van der Waals surface area contributed by atoms with Crippen molar-refractivity contribution in [3.8, 4) is 11.3 Å². The number of benzene rings is 1. The minimum atomic E-state index is -0.242. The number of nitrogens with two attached hydrogens (primary N) is 1. The van der Waals surface area contributed by atoms with Crippen molar-refractivity contribution in [2.45, 2.75) is 25.8 Å². The van der Waals surface area contributed by atoms with Gasteiger partial charge in [-0.1, -0.05) is 17.3 Å². The Hall–Kier alpha value is -1.88. The van der Waals surface area contributed by atoms with Crippen LogP contribution in [0, 0.1) is 0 Å². The second-order valence-electron chi connectivity index (χ2n) is 4.96. The summed E-state index contributed by atoms with van der Waals surface area (Å²) in [5.41, 5.74) is 7.92. The van der Waals surface area contributed by atoms with E-state index in [1.54, 1.807) is 4.68 Å². The van der Waals surface area contributed by atoms with Gasteiger partial charge in [0, 0.05) is 17.9 Å². The summed E-state index contributed by atoms with van der Waals surface area (Å²) in [7, 11) is 0. The lowest BCUT2D eigenvalue weighted by molar-refractivity contribution is 0.199. The molecule has 0 aliphatic heterocycles. The minimum absolute atomic E-state index is 0.129. The highest BCUT2D eigenvalue weighted by atomic mass is 16.3. The van der Waals surface area contributed by atoms with Crippen LogP contribution in [0.2, 0.25) is 0 Å². The van der Waals surface area contributed by atoms with Crippen molar-refractivity contribution in [2.75, 3.05) is 12.3 Å². The van der Waals surface area contributed by atoms with Crippen molar-refractivity contribution in [1.82, 2.24) is 15.0 Å². The minimum Gasteiger partial charge on any atom is -0.399 e. The van der Waals surface area contributed by atoms with Crippen LogP contribution in [-0.2, 0) is 5.54 Å². The molecule has 0 saturated carbocycles. The maximum absolute atomic E-state index is 9.04. The van der Waals surface area contributed by atoms with Gasteiger partial charge in [0.25, 0.3) is 0 Å². The van der Waals surface area contributed by atoms with E-state index in [1.807, 2.05) is 44.3 Å². The molecule has 0 radical (unpaired) electrons. The van der Waals surface area contributed by atoms with E-state index in [0.29, 0.717) is 6.42 Å². The van der Waals surface area contributed by atoms with Crippen molar-refractivity contribution in [3.05, 3.63) is 30.5 Å². The summed E-state index contributed by atoms with van der Waals surface area (Å²) in [5.74, 6) is 0. The zero-order chi connectivity index (χ0) is 13.2. The number of rotatable bonds is 4. The number of aromatic nitrogens is 3. The number of hydrogen-bond donors (Lipinski definition) is 2. The third-order valence-corrected chi connectivity index (χ3v) is 3.04. The van der Waals surface area contributed by atoms with E-state index in [1.165, 1.54) is 0 Å². The summed E-state index contributed by atoms with van der Waals surface area (Å²) in [4.78, 5) is 0. The molecule has 0 bridgehead atoms. The van der Waals surface area contributed by atoms with E-state index in [2.05, 4.69) is 10.3 Å². The molecule has 1 heterocycles. The first-order valence-corrected chi connectivity index (χ1v) is 5.92. The molecular weight excluding hydrogens is 228 g/mol. The molecule has 0 aliphatic rings. The van der Waals surface area contributed by atoms with Gasteiger partial charge in [-0.05, 0) is 32.4 Å². The van der Waals surface area contributed by atoms with E-state index in [-0.39, 0.29) is 12.1 Å². The van der Waals surface area contributed by atoms with E-state index in [4.69, 9.17) is 10.8 Å². The fraction of sp³-hybridized carbons (Fsp3) is 0.385. The molecule has 5 nitrogen and oxygen atoms in total. The number of anilines is 1. The molecule has 5 heteroatoms. The van der Waals surface area contributed by atoms with Crippen LogP contribution in [0.25, 0.3) is 11.3 Å². The summed E-state index contributed by atoms with van der Waals surface area (Å²) in [6.45, 7) is 4.17. The van der Waals surface area contributed by atoms with Gasteiger partial charge in [-0.2, -0.15) is 0 Å². The van der Waals surface area contributed by atoms with Gasteiger partial charge < -0.3 is 10.8 Å². The topological polar surface area (TPSA) is 77.0 Å². The Balaban J connectivity index is 2.28. The first-order chi connectivity index (χ1) is 8.53. The zero-order valence-corrected chi connectivity index (χ0v) is 10.7. The second kappa shape index (κ2) is 4.78. The number of aliphatic hydroxyl groups excluding tert-OH is 1. The molecule has 96 valence electrons. The van der Waals surface area contributed by atoms with Gasteiger partial charge in [0.15, 0.2) is 0 Å².